The molecular formula is C20H34N+. The molecule has 0 aliphatic heterocycles. The summed E-state index contributed by atoms with van der Waals surface area (Å²) >= 11 is 0. The molecule has 0 atom stereocenters. The standard InChI is InChI=1S/C20H34N/c1-5-9-10-11-12-13-17-21(7-3,8-4)20-16-14-15-19(6-2)18-20/h6,14-16,18H,2,5,7-13,17H2,1,3-4H3/q+1. The zero-order valence-corrected chi connectivity index (χ0v) is 14.4. The van der Waals surface area contributed by atoms with Crippen LogP contribution in [0.2, 0.25) is 0 Å². The maximum atomic E-state index is 3.90. The van der Waals surface area contributed by atoms with Crippen molar-refractivity contribution in [3.05, 3.63) is 36.4 Å². The summed E-state index contributed by atoms with van der Waals surface area (Å²) in [6.07, 6.45) is 10.2. The van der Waals surface area contributed by atoms with E-state index in [9.17, 15) is 0 Å². The van der Waals surface area contributed by atoms with Crippen molar-refractivity contribution in [1.82, 2.24) is 4.48 Å². The third-order valence-corrected chi connectivity index (χ3v) is 4.80. The maximum absolute atomic E-state index is 3.90. The molecule has 0 fully saturated rings. The number of nitrogens with zero attached hydrogens (tertiary/aromatic N) is 1. The highest BCUT2D eigenvalue weighted by Crippen LogP contribution is 2.25. The quantitative estimate of drug-likeness (QED) is 0.344. The van der Waals surface area contributed by atoms with E-state index < -0.39 is 0 Å². The molecule has 1 aromatic carbocycles. The summed E-state index contributed by atoms with van der Waals surface area (Å²) in [5.41, 5.74) is 2.69. The fourth-order valence-corrected chi connectivity index (χ4v) is 3.18. The molecule has 0 N–H and O–H groups in total. The number of unbranched alkanes of at least 4 members (excludes halogenated alkanes) is 5. The normalized spacial score (nSPS) is 11.6. The first-order valence-corrected chi connectivity index (χ1v) is 8.81. The van der Waals surface area contributed by atoms with Crippen LogP contribution in [0.5, 0.6) is 0 Å². The van der Waals surface area contributed by atoms with Gasteiger partial charge in [0.25, 0.3) is 0 Å². The summed E-state index contributed by atoms with van der Waals surface area (Å²) in [5, 5.41) is 0. The van der Waals surface area contributed by atoms with Gasteiger partial charge in [0.15, 0.2) is 0 Å². The van der Waals surface area contributed by atoms with Gasteiger partial charge in [-0.25, -0.2) is 0 Å². The second-order valence-corrected chi connectivity index (χ2v) is 6.07. The van der Waals surface area contributed by atoms with Crippen molar-refractivity contribution in [2.24, 2.45) is 0 Å². The molecule has 0 amide bonds. The van der Waals surface area contributed by atoms with E-state index in [0.29, 0.717) is 0 Å². The molecule has 0 spiro atoms. The molecule has 1 nitrogen and oxygen atoms in total. The first-order chi connectivity index (χ1) is 10.2. The predicted molar refractivity (Wildman–Crippen MR) is 97.7 cm³/mol. The lowest BCUT2D eigenvalue weighted by Gasteiger charge is -2.36. The first-order valence-electron chi connectivity index (χ1n) is 8.81. The molecule has 0 unspecified atom stereocenters. The van der Waals surface area contributed by atoms with Crippen LogP contribution in [0.25, 0.3) is 6.08 Å². The molecule has 1 aromatic rings. The fourth-order valence-electron chi connectivity index (χ4n) is 3.18. The van der Waals surface area contributed by atoms with Crippen LogP contribution in [0.15, 0.2) is 30.8 Å². The lowest BCUT2D eigenvalue weighted by molar-refractivity contribution is 0.291. The van der Waals surface area contributed by atoms with Crippen molar-refractivity contribution < 1.29 is 0 Å². The highest BCUT2D eigenvalue weighted by Gasteiger charge is 2.25. The average molecular weight is 288 g/mol. The topological polar surface area (TPSA) is 0 Å². The molecule has 0 radical (unpaired) electrons. The zero-order valence-electron chi connectivity index (χ0n) is 14.4. The molecule has 0 bridgehead atoms. The smallest absolute Gasteiger partial charge is 0.133 e. The van der Waals surface area contributed by atoms with Gasteiger partial charge in [0.2, 0.25) is 0 Å². The van der Waals surface area contributed by atoms with E-state index in [1.807, 2.05) is 6.08 Å². The van der Waals surface area contributed by atoms with E-state index in [1.54, 1.807) is 0 Å². The molecule has 1 heteroatoms. The van der Waals surface area contributed by atoms with Crippen LogP contribution in [0.4, 0.5) is 5.69 Å². The largest absolute Gasteiger partial charge is 0.292 e. The Morgan fingerprint density at radius 3 is 2.24 bits per heavy atom. The minimum atomic E-state index is 1.11. The molecular weight excluding hydrogens is 254 g/mol. The van der Waals surface area contributed by atoms with Crippen LogP contribution in [0, 0.1) is 0 Å². The van der Waals surface area contributed by atoms with E-state index in [1.165, 1.54) is 69.4 Å². The number of benzene rings is 1. The van der Waals surface area contributed by atoms with Gasteiger partial charge in [-0.05, 0) is 38.3 Å². The summed E-state index contributed by atoms with van der Waals surface area (Å²) in [7, 11) is 0. The van der Waals surface area contributed by atoms with Gasteiger partial charge in [0.1, 0.15) is 5.69 Å². The van der Waals surface area contributed by atoms with Crippen molar-refractivity contribution in [2.75, 3.05) is 19.6 Å². The first kappa shape index (κ1) is 18.0. The number of rotatable bonds is 11. The van der Waals surface area contributed by atoms with Gasteiger partial charge in [-0.3, -0.25) is 4.48 Å². The van der Waals surface area contributed by atoms with Crippen LogP contribution in [-0.2, 0) is 0 Å². The average Bonchev–Trinajstić information content (AvgIpc) is 2.55. The van der Waals surface area contributed by atoms with E-state index >= 15 is 0 Å². The Morgan fingerprint density at radius 1 is 0.952 bits per heavy atom. The summed E-state index contributed by atoms with van der Waals surface area (Å²) in [6.45, 7) is 14.4. The second-order valence-electron chi connectivity index (χ2n) is 6.07. The molecule has 118 valence electrons. The molecule has 0 saturated carbocycles. The molecule has 0 aliphatic carbocycles. The molecule has 1 rings (SSSR count). The van der Waals surface area contributed by atoms with Gasteiger partial charge < -0.3 is 0 Å². The van der Waals surface area contributed by atoms with Gasteiger partial charge >= 0.3 is 0 Å². The molecule has 0 aliphatic rings. The van der Waals surface area contributed by atoms with Crippen LogP contribution in [-0.4, -0.2) is 19.6 Å². The highest BCUT2D eigenvalue weighted by molar-refractivity contribution is 5.55. The summed E-state index contributed by atoms with van der Waals surface area (Å²) in [5.74, 6) is 0. The zero-order chi connectivity index (χ0) is 15.6. The second kappa shape index (κ2) is 9.78. The maximum Gasteiger partial charge on any atom is 0.133 e. The highest BCUT2D eigenvalue weighted by atomic mass is 15.3. The Balaban J connectivity index is 2.66. The van der Waals surface area contributed by atoms with Crippen LogP contribution in [0.1, 0.15) is 64.9 Å². The Kier molecular flexibility index (Phi) is 8.37. The Labute approximate surface area is 132 Å². The minimum Gasteiger partial charge on any atom is -0.292 e. The van der Waals surface area contributed by atoms with Crippen molar-refractivity contribution in [2.45, 2.75) is 59.3 Å². The van der Waals surface area contributed by atoms with E-state index in [-0.39, 0.29) is 0 Å². The number of quaternary nitrogens is 1. The van der Waals surface area contributed by atoms with Gasteiger partial charge in [-0.2, -0.15) is 0 Å². The minimum absolute atomic E-state index is 1.11. The van der Waals surface area contributed by atoms with Crippen molar-refractivity contribution >= 4 is 11.8 Å². The number of hydrogen-bond acceptors (Lipinski definition) is 0. The van der Waals surface area contributed by atoms with Crippen LogP contribution >= 0.6 is 0 Å². The predicted octanol–water partition coefficient (Wildman–Crippen LogP) is 6.04. The van der Waals surface area contributed by atoms with E-state index in [0.717, 1.165) is 4.48 Å². The van der Waals surface area contributed by atoms with Crippen molar-refractivity contribution in [3.63, 3.8) is 0 Å². The molecule has 21 heavy (non-hydrogen) atoms. The lowest BCUT2D eigenvalue weighted by atomic mass is 10.1. The van der Waals surface area contributed by atoms with Crippen LogP contribution in [0.3, 0.4) is 0 Å². The Hall–Kier alpha value is -1.08. The third kappa shape index (κ3) is 5.32. The molecule has 0 heterocycles. The lowest BCUT2D eigenvalue weighted by Crippen LogP contribution is -2.49. The summed E-state index contributed by atoms with van der Waals surface area (Å²) < 4.78 is 1.11. The SMILES string of the molecule is C=Cc1cccc([N+](CC)(CC)CCCCCCCC)c1. The third-order valence-electron chi connectivity index (χ3n) is 4.80. The fraction of sp³-hybridized carbons (Fsp3) is 0.600. The number of hydrogen-bond donors (Lipinski definition) is 0. The van der Waals surface area contributed by atoms with Gasteiger partial charge in [-0.1, -0.05) is 57.4 Å². The van der Waals surface area contributed by atoms with Gasteiger partial charge in [0, 0.05) is 6.07 Å². The Morgan fingerprint density at radius 2 is 1.62 bits per heavy atom. The van der Waals surface area contributed by atoms with E-state index in [4.69, 9.17) is 0 Å². The monoisotopic (exact) mass is 288 g/mol. The molecule has 0 aromatic heterocycles. The van der Waals surface area contributed by atoms with Gasteiger partial charge in [-0.15, -0.1) is 0 Å². The Bertz CT molecular complexity index is 404. The van der Waals surface area contributed by atoms with E-state index in [2.05, 4.69) is 51.6 Å². The van der Waals surface area contributed by atoms with Crippen molar-refractivity contribution in [1.29, 1.82) is 0 Å². The van der Waals surface area contributed by atoms with Crippen molar-refractivity contribution in [3.8, 4) is 0 Å². The van der Waals surface area contributed by atoms with Gasteiger partial charge in [0.05, 0.1) is 19.6 Å². The summed E-state index contributed by atoms with van der Waals surface area (Å²) in [6, 6.07) is 8.92. The summed E-state index contributed by atoms with van der Waals surface area (Å²) in [4.78, 5) is 0. The molecule has 0 saturated heterocycles. The van der Waals surface area contributed by atoms with Crippen LogP contribution < -0.4 is 4.48 Å².